The van der Waals surface area contributed by atoms with Crippen LogP contribution >= 0.6 is 0 Å². The van der Waals surface area contributed by atoms with E-state index >= 15 is 0 Å². The smallest absolute Gasteiger partial charge is 0.241 e. The van der Waals surface area contributed by atoms with Crippen LogP contribution in [-0.4, -0.2) is 47.4 Å². The van der Waals surface area contributed by atoms with Gasteiger partial charge < -0.3 is 19.5 Å². The molecule has 8 nitrogen and oxygen atoms in total. The van der Waals surface area contributed by atoms with Crippen molar-refractivity contribution in [2.24, 2.45) is 5.92 Å². The molecule has 0 radical (unpaired) electrons. The number of rotatable bonds is 6. The summed E-state index contributed by atoms with van der Waals surface area (Å²) in [6, 6.07) is 5.63. The number of benzene rings is 1. The summed E-state index contributed by atoms with van der Waals surface area (Å²) in [6.45, 7) is 4.56. The standard InChI is InChI=1S/C21H24N4O4/c1-12-9-23-25-11-16(14-5-6-17(27-3)18(7-14)28-4)24-21(20(12)25)29-13(2)15-8-19(26)22-10-15/h5-7,9,11,13,15H,8,10H2,1-4H3,(H,22,26)/t13-,15-/m1/s1. The number of nitrogens with zero attached hydrogens (tertiary/aromatic N) is 3. The number of carbonyl (C=O) groups excluding carboxylic acids is 1. The number of aromatic nitrogens is 3. The van der Waals surface area contributed by atoms with Crippen LogP contribution in [0.4, 0.5) is 0 Å². The number of methoxy groups -OCH3 is 2. The van der Waals surface area contributed by atoms with Crippen molar-refractivity contribution in [2.75, 3.05) is 20.8 Å². The van der Waals surface area contributed by atoms with E-state index in [0.29, 0.717) is 36.0 Å². The Morgan fingerprint density at radius 2 is 2.03 bits per heavy atom. The van der Waals surface area contributed by atoms with Gasteiger partial charge in [-0.15, -0.1) is 0 Å². The molecule has 3 heterocycles. The first-order valence-electron chi connectivity index (χ1n) is 9.51. The third kappa shape index (κ3) is 3.57. The quantitative estimate of drug-likeness (QED) is 0.689. The fraction of sp³-hybridized carbons (Fsp3) is 0.381. The lowest BCUT2D eigenvalue weighted by molar-refractivity contribution is -0.119. The Balaban J connectivity index is 1.74. The normalized spacial score (nSPS) is 17.2. The lowest BCUT2D eigenvalue weighted by atomic mass is 10.0. The van der Waals surface area contributed by atoms with E-state index in [1.807, 2.05) is 38.2 Å². The molecule has 2 atom stereocenters. The van der Waals surface area contributed by atoms with Gasteiger partial charge in [-0.1, -0.05) is 0 Å². The third-order valence-electron chi connectivity index (χ3n) is 5.30. The van der Waals surface area contributed by atoms with Crippen molar-refractivity contribution in [3.05, 3.63) is 36.2 Å². The van der Waals surface area contributed by atoms with Crippen LogP contribution in [0.2, 0.25) is 0 Å². The van der Waals surface area contributed by atoms with E-state index in [9.17, 15) is 4.79 Å². The van der Waals surface area contributed by atoms with Crippen LogP contribution < -0.4 is 19.5 Å². The van der Waals surface area contributed by atoms with Gasteiger partial charge in [0, 0.05) is 30.0 Å². The summed E-state index contributed by atoms with van der Waals surface area (Å²) in [6.07, 6.45) is 3.95. The lowest BCUT2D eigenvalue weighted by Crippen LogP contribution is -2.26. The van der Waals surface area contributed by atoms with E-state index in [1.165, 1.54) is 0 Å². The summed E-state index contributed by atoms with van der Waals surface area (Å²) in [4.78, 5) is 16.3. The first-order chi connectivity index (χ1) is 14.0. The number of aryl methyl sites for hydroxylation is 1. The van der Waals surface area contributed by atoms with Gasteiger partial charge in [-0.25, -0.2) is 9.50 Å². The Kier molecular flexibility index (Phi) is 5.00. The maximum Gasteiger partial charge on any atom is 0.241 e. The molecule has 1 aliphatic heterocycles. The van der Waals surface area contributed by atoms with Gasteiger partial charge in [0.2, 0.25) is 11.8 Å². The number of nitrogens with one attached hydrogen (secondary N) is 1. The topological polar surface area (TPSA) is 87.0 Å². The highest BCUT2D eigenvalue weighted by molar-refractivity contribution is 5.78. The fourth-order valence-corrected chi connectivity index (χ4v) is 3.57. The van der Waals surface area contributed by atoms with Gasteiger partial charge in [0.25, 0.3) is 0 Å². The maximum absolute atomic E-state index is 11.6. The molecule has 152 valence electrons. The molecular formula is C21H24N4O4. The predicted molar refractivity (Wildman–Crippen MR) is 107 cm³/mol. The highest BCUT2D eigenvalue weighted by Gasteiger charge is 2.29. The van der Waals surface area contributed by atoms with Gasteiger partial charge in [-0.3, -0.25) is 4.79 Å². The molecular weight excluding hydrogens is 372 g/mol. The van der Waals surface area contributed by atoms with E-state index in [1.54, 1.807) is 24.9 Å². The number of ether oxygens (including phenoxy) is 3. The lowest BCUT2D eigenvalue weighted by Gasteiger charge is -2.20. The molecule has 8 heteroatoms. The second kappa shape index (κ2) is 7.62. The zero-order valence-corrected chi connectivity index (χ0v) is 16.9. The minimum Gasteiger partial charge on any atom is -0.493 e. The molecule has 0 aliphatic carbocycles. The first-order valence-corrected chi connectivity index (χ1v) is 9.51. The SMILES string of the molecule is COc1ccc(-c2cn3ncc(C)c3c(O[C@H](C)[C@H]3CNC(=O)C3)n2)cc1OC. The molecule has 1 amide bonds. The molecule has 1 saturated heterocycles. The Bertz CT molecular complexity index is 1060. The van der Waals surface area contributed by atoms with Gasteiger partial charge in [0.15, 0.2) is 11.5 Å². The van der Waals surface area contributed by atoms with Crippen LogP contribution in [-0.2, 0) is 4.79 Å². The minimum absolute atomic E-state index is 0.0585. The Morgan fingerprint density at radius 3 is 2.72 bits per heavy atom. The van der Waals surface area contributed by atoms with Crippen LogP contribution in [0.3, 0.4) is 0 Å². The fourth-order valence-electron chi connectivity index (χ4n) is 3.57. The van der Waals surface area contributed by atoms with Crippen LogP contribution in [0, 0.1) is 12.8 Å². The van der Waals surface area contributed by atoms with Gasteiger partial charge in [0.1, 0.15) is 11.6 Å². The van der Waals surface area contributed by atoms with Crippen molar-refractivity contribution in [3.63, 3.8) is 0 Å². The molecule has 1 N–H and O–H groups in total. The van der Waals surface area contributed by atoms with E-state index in [2.05, 4.69) is 10.4 Å². The Labute approximate surface area is 168 Å². The number of hydrogen-bond acceptors (Lipinski definition) is 6. The number of fused-ring (bicyclic) bond motifs is 1. The number of amides is 1. The van der Waals surface area contributed by atoms with Crippen LogP contribution in [0.15, 0.2) is 30.6 Å². The maximum atomic E-state index is 11.6. The molecule has 3 aromatic rings. The average Bonchev–Trinajstić information content (AvgIpc) is 3.33. The summed E-state index contributed by atoms with van der Waals surface area (Å²) < 4.78 is 18.8. The summed E-state index contributed by atoms with van der Waals surface area (Å²) >= 11 is 0. The zero-order valence-electron chi connectivity index (χ0n) is 16.9. The molecule has 4 rings (SSSR count). The predicted octanol–water partition coefficient (Wildman–Crippen LogP) is 2.63. The average molecular weight is 396 g/mol. The van der Waals surface area contributed by atoms with Crippen molar-refractivity contribution in [2.45, 2.75) is 26.4 Å². The molecule has 0 bridgehead atoms. The Morgan fingerprint density at radius 1 is 1.24 bits per heavy atom. The second-order valence-electron chi connectivity index (χ2n) is 7.21. The van der Waals surface area contributed by atoms with Crippen molar-refractivity contribution in [3.8, 4) is 28.6 Å². The highest BCUT2D eigenvalue weighted by Crippen LogP contribution is 2.34. The van der Waals surface area contributed by atoms with Crippen LogP contribution in [0.25, 0.3) is 16.8 Å². The third-order valence-corrected chi connectivity index (χ3v) is 5.30. The molecule has 1 fully saturated rings. The van der Waals surface area contributed by atoms with E-state index in [-0.39, 0.29) is 17.9 Å². The minimum atomic E-state index is -0.166. The molecule has 0 saturated carbocycles. The van der Waals surface area contributed by atoms with E-state index in [0.717, 1.165) is 16.6 Å². The van der Waals surface area contributed by atoms with E-state index < -0.39 is 0 Å². The summed E-state index contributed by atoms with van der Waals surface area (Å²) in [5.41, 5.74) is 3.34. The summed E-state index contributed by atoms with van der Waals surface area (Å²) in [5, 5.41) is 7.29. The first kappa shape index (κ1) is 19.0. The summed E-state index contributed by atoms with van der Waals surface area (Å²) in [7, 11) is 3.20. The Hall–Kier alpha value is -3.29. The van der Waals surface area contributed by atoms with Crippen molar-refractivity contribution in [1.29, 1.82) is 0 Å². The monoisotopic (exact) mass is 396 g/mol. The largest absolute Gasteiger partial charge is 0.493 e. The van der Waals surface area contributed by atoms with Crippen molar-refractivity contribution in [1.82, 2.24) is 19.9 Å². The number of carbonyl (C=O) groups is 1. The van der Waals surface area contributed by atoms with Crippen molar-refractivity contribution < 1.29 is 19.0 Å². The van der Waals surface area contributed by atoms with Gasteiger partial charge >= 0.3 is 0 Å². The van der Waals surface area contributed by atoms with Crippen LogP contribution in [0.5, 0.6) is 17.4 Å². The molecule has 2 aromatic heterocycles. The van der Waals surface area contributed by atoms with Gasteiger partial charge in [-0.2, -0.15) is 5.10 Å². The van der Waals surface area contributed by atoms with Gasteiger partial charge in [-0.05, 0) is 32.0 Å². The summed E-state index contributed by atoms with van der Waals surface area (Å²) in [5.74, 6) is 1.94. The van der Waals surface area contributed by atoms with Crippen molar-refractivity contribution >= 4 is 11.4 Å². The van der Waals surface area contributed by atoms with E-state index in [4.69, 9.17) is 19.2 Å². The second-order valence-corrected chi connectivity index (χ2v) is 7.21. The molecule has 0 unspecified atom stereocenters. The molecule has 0 spiro atoms. The van der Waals surface area contributed by atoms with Crippen LogP contribution in [0.1, 0.15) is 18.9 Å². The van der Waals surface area contributed by atoms with Gasteiger partial charge in [0.05, 0.1) is 32.3 Å². The number of hydrogen-bond donors (Lipinski definition) is 1. The molecule has 1 aliphatic rings. The zero-order chi connectivity index (χ0) is 20.5. The highest BCUT2D eigenvalue weighted by atomic mass is 16.5. The molecule has 1 aromatic carbocycles. The molecule has 29 heavy (non-hydrogen) atoms.